The van der Waals surface area contributed by atoms with Crippen molar-refractivity contribution in [2.45, 2.75) is 11.8 Å². The van der Waals surface area contributed by atoms with Crippen molar-refractivity contribution < 1.29 is 27.4 Å². The van der Waals surface area contributed by atoms with Gasteiger partial charge in [0.15, 0.2) is 11.5 Å². The molecule has 0 saturated carbocycles. The number of rotatable bonds is 9. The Balaban J connectivity index is 2.44. The summed E-state index contributed by atoms with van der Waals surface area (Å²) in [6.07, 6.45) is 1.48. The summed E-state index contributed by atoms with van der Waals surface area (Å²) in [5.41, 5.74) is 0.732. The molecule has 0 heterocycles. The van der Waals surface area contributed by atoms with E-state index in [0.717, 1.165) is 0 Å². The summed E-state index contributed by atoms with van der Waals surface area (Å²) >= 11 is 0. The molecule has 2 aromatic carbocycles. The number of nitrogens with zero attached hydrogens (tertiary/aromatic N) is 1. The lowest BCUT2D eigenvalue weighted by Crippen LogP contribution is -2.31. The Morgan fingerprint density at radius 3 is 2.25 bits per heavy atom. The van der Waals surface area contributed by atoms with Crippen LogP contribution in [0.2, 0.25) is 0 Å². The molecule has 150 valence electrons. The summed E-state index contributed by atoms with van der Waals surface area (Å²) in [4.78, 5) is 11.8. The van der Waals surface area contributed by atoms with Crippen molar-refractivity contribution in [3.63, 3.8) is 0 Å². The average Bonchev–Trinajstić information content (AvgIpc) is 2.71. The van der Waals surface area contributed by atoms with Gasteiger partial charge in [-0.25, -0.2) is 13.2 Å². The lowest BCUT2D eigenvalue weighted by atomic mass is 10.2. The summed E-state index contributed by atoms with van der Waals surface area (Å²) in [7, 11) is -0.999. The van der Waals surface area contributed by atoms with E-state index in [1.165, 1.54) is 54.9 Å². The van der Waals surface area contributed by atoms with Gasteiger partial charge in [0.1, 0.15) is 0 Å². The van der Waals surface area contributed by atoms with Crippen molar-refractivity contribution in [3.8, 4) is 11.5 Å². The molecule has 0 saturated heterocycles. The number of benzene rings is 2. The van der Waals surface area contributed by atoms with E-state index in [9.17, 15) is 13.2 Å². The first kappa shape index (κ1) is 21.3. The molecule has 0 aliphatic heterocycles. The topological polar surface area (TPSA) is 82.1 Å². The maximum absolute atomic E-state index is 13.2. The highest BCUT2D eigenvalue weighted by molar-refractivity contribution is 7.92. The number of anilines is 1. The van der Waals surface area contributed by atoms with Crippen LogP contribution in [0.25, 0.3) is 0 Å². The van der Waals surface area contributed by atoms with E-state index in [1.54, 1.807) is 19.1 Å². The van der Waals surface area contributed by atoms with Gasteiger partial charge in [0.25, 0.3) is 10.0 Å². The monoisotopic (exact) mass is 405 g/mol. The van der Waals surface area contributed by atoms with Crippen molar-refractivity contribution in [2.24, 2.45) is 0 Å². The van der Waals surface area contributed by atoms with Crippen LogP contribution in [0.5, 0.6) is 11.5 Å². The largest absolute Gasteiger partial charge is 0.493 e. The van der Waals surface area contributed by atoms with Crippen LogP contribution < -0.4 is 13.8 Å². The number of carbonyl (C=O) groups excluding carboxylic acids is 1. The quantitative estimate of drug-likeness (QED) is 0.470. The molecule has 0 atom stereocenters. The second-order valence-electron chi connectivity index (χ2n) is 5.61. The molecule has 0 spiro atoms. The Morgan fingerprint density at radius 1 is 1.07 bits per heavy atom. The van der Waals surface area contributed by atoms with Crippen LogP contribution in [0, 0.1) is 0 Å². The minimum atomic E-state index is -3.91. The number of carbonyl (C=O) groups is 1. The molecule has 8 heteroatoms. The maximum atomic E-state index is 13.2. The third-order valence-corrected chi connectivity index (χ3v) is 5.69. The van der Waals surface area contributed by atoms with E-state index in [0.29, 0.717) is 22.7 Å². The molecule has 2 rings (SSSR count). The van der Waals surface area contributed by atoms with E-state index < -0.39 is 16.0 Å². The maximum Gasteiger partial charge on any atom is 0.338 e. The second-order valence-corrected chi connectivity index (χ2v) is 7.47. The third-order valence-electron chi connectivity index (χ3n) is 3.90. The van der Waals surface area contributed by atoms with Crippen molar-refractivity contribution in [2.75, 3.05) is 31.7 Å². The molecule has 28 heavy (non-hydrogen) atoms. The fourth-order valence-electron chi connectivity index (χ4n) is 2.54. The van der Waals surface area contributed by atoms with Gasteiger partial charge < -0.3 is 14.2 Å². The van der Waals surface area contributed by atoms with Crippen LogP contribution in [0.4, 0.5) is 5.69 Å². The van der Waals surface area contributed by atoms with E-state index in [4.69, 9.17) is 14.2 Å². The first-order valence-electron chi connectivity index (χ1n) is 8.51. The number of methoxy groups -OCH3 is 2. The van der Waals surface area contributed by atoms with Crippen LogP contribution in [0.15, 0.2) is 60.0 Å². The van der Waals surface area contributed by atoms with Gasteiger partial charge in [-0.1, -0.05) is 6.08 Å². The lowest BCUT2D eigenvalue weighted by Gasteiger charge is -2.23. The van der Waals surface area contributed by atoms with Gasteiger partial charge in [-0.2, -0.15) is 0 Å². The first-order valence-corrected chi connectivity index (χ1v) is 9.95. The number of ether oxygens (including phenoxy) is 3. The van der Waals surface area contributed by atoms with Gasteiger partial charge in [-0.05, 0) is 43.3 Å². The molecule has 0 aromatic heterocycles. The van der Waals surface area contributed by atoms with Crippen LogP contribution >= 0.6 is 0 Å². The molecule has 0 aliphatic carbocycles. The van der Waals surface area contributed by atoms with E-state index >= 15 is 0 Å². The smallest absolute Gasteiger partial charge is 0.338 e. The molecule has 0 N–H and O–H groups in total. The number of esters is 1. The van der Waals surface area contributed by atoms with Gasteiger partial charge in [-0.3, -0.25) is 4.31 Å². The summed E-state index contributed by atoms with van der Waals surface area (Å²) in [6.45, 7) is 5.67. The van der Waals surface area contributed by atoms with Gasteiger partial charge in [0.2, 0.25) is 0 Å². The highest BCUT2D eigenvalue weighted by Crippen LogP contribution is 2.32. The lowest BCUT2D eigenvalue weighted by molar-refractivity contribution is 0.0526. The van der Waals surface area contributed by atoms with Gasteiger partial charge in [0, 0.05) is 6.07 Å². The number of hydrogen-bond acceptors (Lipinski definition) is 6. The number of hydrogen-bond donors (Lipinski definition) is 0. The zero-order valence-corrected chi connectivity index (χ0v) is 16.9. The van der Waals surface area contributed by atoms with Gasteiger partial charge in [0.05, 0.1) is 43.5 Å². The zero-order chi connectivity index (χ0) is 20.7. The predicted molar refractivity (Wildman–Crippen MR) is 107 cm³/mol. The van der Waals surface area contributed by atoms with Gasteiger partial charge in [-0.15, -0.1) is 6.58 Å². The zero-order valence-electron chi connectivity index (χ0n) is 16.0. The molecule has 0 fully saturated rings. The summed E-state index contributed by atoms with van der Waals surface area (Å²) in [6, 6.07) is 10.5. The van der Waals surface area contributed by atoms with E-state index in [-0.39, 0.29) is 18.0 Å². The Kier molecular flexibility index (Phi) is 7.06. The molecule has 7 nitrogen and oxygen atoms in total. The molecule has 0 radical (unpaired) electrons. The molecular weight excluding hydrogens is 382 g/mol. The van der Waals surface area contributed by atoms with E-state index in [2.05, 4.69) is 6.58 Å². The Morgan fingerprint density at radius 2 is 1.71 bits per heavy atom. The molecule has 0 amide bonds. The first-order chi connectivity index (χ1) is 13.4. The Labute approximate surface area is 165 Å². The fraction of sp³-hybridized carbons (Fsp3) is 0.250. The highest BCUT2D eigenvalue weighted by Gasteiger charge is 2.25. The van der Waals surface area contributed by atoms with Crippen LogP contribution in [-0.2, 0) is 14.8 Å². The third kappa shape index (κ3) is 4.45. The van der Waals surface area contributed by atoms with Crippen molar-refractivity contribution in [3.05, 3.63) is 60.7 Å². The van der Waals surface area contributed by atoms with Crippen LogP contribution in [-0.4, -0.2) is 41.8 Å². The minimum absolute atomic E-state index is 0.0430. The summed E-state index contributed by atoms with van der Waals surface area (Å²) in [5, 5.41) is 0. The second kappa shape index (κ2) is 9.27. The fourth-order valence-corrected chi connectivity index (χ4v) is 3.99. The van der Waals surface area contributed by atoms with Crippen LogP contribution in [0.1, 0.15) is 17.3 Å². The molecule has 0 unspecified atom stereocenters. The number of sulfonamides is 1. The van der Waals surface area contributed by atoms with Gasteiger partial charge >= 0.3 is 5.97 Å². The molecule has 0 aliphatic rings. The summed E-state index contributed by atoms with van der Waals surface area (Å²) < 4.78 is 42.9. The van der Waals surface area contributed by atoms with E-state index in [1.807, 2.05) is 0 Å². The Hall–Kier alpha value is -3.00. The minimum Gasteiger partial charge on any atom is -0.493 e. The highest BCUT2D eigenvalue weighted by atomic mass is 32.2. The van der Waals surface area contributed by atoms with Crippen LogP contribution in [0.3, 0.4) is 0 Å². The Bertz CT molecular complexity index is 938. The van der Waals surface area contributed by atoms with Crippen molar-refractivity contribution in [1.29, 1.82) is 0 Å². The average molecular weight is 405 g/mol. The molecular formula is C20H23NO6S. The standard InChI is InChI=1S/C20H23NO6S/c1-5-13-21(16-9-7-15(8-10-16)20(22)27-6-2)28(23,24)17-11-12-18(25-3)19(14-17)26-4/h5,7-12,14H,1,6,13H2,2-4H3. The summed E-state index contributed by atoms with van der Waals surface area (Å²) in [5.74, 6) is 0.266. The molecule has 2 aromatic rings. The normalized spacial score (nSPS) is 10.8. The SMILES string of the molecule is C=CCN(c1ccc(C(=O)OCC)cc1)S(=O)(=O)c1ccc(OC)c(OC)c1. The molecule has 0 bridgehead atoms. The van der Waals surface area contributed by atoms with Crippen molar-refractivity contribution in [1.82, 2.24) is 0 Å². The predicted octanol–water partition coefficient (Wildman–Crippen LogP) is 3.26. The van der Waals surface area contributed by atoms with Crippen molar-refractivity contribution >= 4 is 21.7 Å².